The quantitative estimate of drug-likeness (QED) is 0.656. The molecule has 0 atom stereocenters. The average molecular weight is 362 g/mol. The minimum atomic E-state index is -0.210. The fourth-order valence-corrected chi connectivity index (χ4v) is 2.69. The first kappa shape index (κ1) is 18.2. The van der Waals surface area contributed by atoms with Crippen LogP contribution in [0, 0.1) is 0 Å². The van der Waals surface area contributed by atoms with E-state index in [0.29, 0.717) is 11.4 Å². The lowest BCUT2D eigenvalue weighted by atomic mass is 10.2. The smallest absolute Gasteiger partial charge is 0.248 e. The summed E-state index contributed by atoms with van der Waals surface area (Å²) in [5.74, 6) is -0.210. The number of hydrogen-bond acceptors (Lipinski definition) is 5. The molecule has 3 rings (SSSR count). The molecule has 1 N–H and O–H groups in total. The van der Waals surface area contributed by atoms with Gasteiger partial charge in [0.1, 0.15) is 5.71 Å². The molecule has 27 heavy (non-hydrogen) atoms. The molecule has 0 unspecified atom stereocenters. The summed E-state index contributed by atoms with van der Waals surface area (Å²) in [5.41, 5.74) is 3.72. The zero-order valence-electron chi connectivity index (χ0n) is 15.7. The minimum Gasteiger partial charge on any atom is -0.321 e. The van der Waals surface area contributed by atoms with Crippen LogP contribution in [-0.2, 0) is 11.8 Å². The van der Waals surface area contributed by atoms with Gasteiger partial charge < -0.3 is 5.32 Å². The Hall–Kier alpha value is -3.61. The molecule has 1 aliphatic rings. The lowest BCUT2D eigenvalue weighted by Crippen LogP contribution is -2.37. The summed E-state index contributed by atoms with van der Waals surface area (Å²) < 4.78 is 1.78. The maximum absolute atomic E-state index is 11.5. The van der Waals surface area contributed by atoms with Crippen molar-refractivity contribution in [2.24, 2.45) is 12.1 Å². The van der Waals surface area contributed by atoms with Crippen molar-refractivity contribution in [2.75, 3.05) is 12.2 Å². The first-order valence-electron chi connectivity index (χ1n) is 8.42. The van der Waals surface area contributed by atoms with Crippen LogP contribution in [0.4, 0.5) is 5.69 Å². The molecule has 1 amide bonds. The number of nitrogens with one attached hydrogen (secondary N) is 1. The van der Waals surface area contributed by atoms with Crippen LogP contribution in [0.2, 0.25) is 0 Å². The second-order valence-corrected chi connectivity index (χ2v) is 6.19. The number of hydrazine groups is 1. The Morgan fingerprint density at radius 3 is 2.85 bits per heavy atom. The van der Waals surface area contributed by atoms with E-state index in [2.05, 4.69) is 23.6 Å². The third-order valence-electron chi connectivity index (χ3n) is 4.17. The number of aromatic nitrogens is 2. The molecule has 0 saturated heterocycles. The van der Waals surface area contributed by atoms with Crippen LogP contribution in [0.15, 0.2) is 78.4 Å². The van der Waals surface area contributed by atoms with Crippen molar-refractivity contribution < 1.29 is 4.79 Å². The van der Waals surface area contributed by atoms with Crippen LogP contribution < -0.4 is 10.4 Å². The highest BCUT2D eigenvalue weighted by atomic mass is 16.1. The van der Waals surface area contributed by atoms with Crippen molar-refractivity contribution in [1.29, 1.82) is 0 Å². The van der Waals surface area contributed by atoms with E-state index in [4.69, 9.17) is 5.10 Å². The van der Waals surface area contributed by atoms with Gasteiger partial charge in [0.2, 0.25) is 5.91 Å². The molecule has 0 radical (unpaired) electrons. The highest BCUT2D eigenvalue weighted by Crippen LogP contribution is 2.25. The maximum atomic E-state index is 11.5. The van der Waals surface area contributed by atoms with Crippen LogP contribution in [0.1, 0.15) is 6.92 Å². The van der Waals surface area contributed by atoms with Crippen LogP contribution >= 0.6 is 0 Å². The van der Waals surface area contributed by atoms with E-state index < -0.39 is 0 Å². The fourth-order valence-electron chi connectivity index (χ4n) is 2.69. The summed E-state index contributed by atoms with van der Waals surface area (Å²) >= 11 is 0. The van der Waals surface area contributed by atoms with E-state index in [9.17, 15) is 4.79 Å². The van der Waals surface area contributed by atoms with Crippen molar-refractivity contribution in [3.63, 3.8) is 0 Å². The summed E-state index contributed by atoms with van der Waals surface area (Å²) in [6.07, 6.45) is 8.65. The molecule has 2 heterocycles. The number of fused-ring (bicyclic) bond motifs is 1. The SMILES string of the molecule is C=C/C=C(/C)N(C)N(/N=C1/C=CC(=O)NC1=C)c1ccc2nn(C)cc2c1. The molecule has 138 valence electrons. The van der Waals surface area contributed by atoms with E-state index in [1.165, 1.54) is 6.08 Å². The molecule has 7 heteroatoms. The molecular formula is C20H22N6O. The van der Waals surface area contributed by atoms with Crippen LogP contribution in [0.5, 0.6) is 0 Å². The molecule has 2 aromatic rings. The topological polar surface area (TPSA) is 65.8 Å². The maximum Gasteiger partial charge on any atom is 0.248 e. The minimum absolute atomic E-state index is 0.210. The van der Waals surface area contributed by atoms with Crippen molar-refractivity contribution in [2.45, 2.75) is 6.92 Å². The lowest BCUT2D eigenvalue weighted by Gasteiger charge is -2.32. The van der Waals surface area contributed by atoms with Gasteiger partial charge in [-0.25, -0.2) is 0 Å². The van der Waals surface area contributed by atoms with Crippen LogP contribution in [0.25, 0.3) is 10.9 Å². The molecule has 1 aromatic heterocycles. The van der Waals surface area contributed by atoms with Gasteiger partial charge in [-0.1, -0.05) is 19.2 Å². The number of hydrogen-bond donors (Lipinski definition) is 1. The van der Waals surface area contributed by atoms with Gasteiger partial charge in [-0.3, -0.25) is 14.5 Å². The van der Waals surface area contributed by atoms with Gasteiger partial charge >= 0.3 is 0 Å². The second kappa shape index (κ2) is 7.33. The number of amides is 1. The number of anilines is 1. The van der Waals surface area contributed by atoms with Crippen molar-refractivity contribution >= 4 is 28.2 Å². The lowest BCUT2D eigenvalue weighted by molar-refractivity contribution is -0.115. The highest BCUT2D eigenvalue weighted by molar-refractivity contribution is 6.16. The number of rotatable bonds is 5. The molecule has 0 saturated carbocycles. The van der Waals surface area contributed by atoms with Gasteiger partial charge in [0.25, 0.3) is 0 Å². The standard InChI is InChI=1S/C20H22N6O/c1-6-7-14(2)25(5)26(23-18-10-11-20(27)21-15(18)3)17-8-9-19-16(12-17)13-24(4)22-19/h6-13H,1,3H2,2,4-5H3,(H,21,27)/b14-7-,23-18-. The summed E-state index contributed by atoms with van der Waals surface area (Å²) in [6, 6.07) is 5.91. The first-order chi connectivity index (χ1) is 12.9. The Balaban J connectivity index is 2.09. The fraction of sp³-hybridized carbons (Fsp3) is 0.150. The Kier molecular flexibility index (Phi) is 4.94. The van der Waals surface area contributed by atoms with Crippen molar-refractivity contribution in [1.82, 2.24) is 20.1 Å². The highest BCUT2D eigenvalue weighted by Gasteiger charge is 2.17. The predicted molar refractivity (Wildman–Crippen MR) is 109 cm³/mol. The van der Waals surface area contributed by atoms with E-state index in [0.717, 1.165) is 22.3 Å². The molecule has 0 aliphatic carbocycles. The summed E-state index contributed by atoms with van der Waals surface area (Å²) in [4.78, 5) is 11.5. The van der Waals surface area contributed by atoms with Gasteiger partial charge in [0.15, 0.2) is 0 Å². The molecule has 7 nitrogen and oxygen atoms in total. The molecule has 0 fully saturated rings. The Labute approximate surface area is 158 Å². The number of allylic oxidation sites excluding steroid dienone is 4. The number of carbonyl (C=O) groups is 1. The third kappa shape index (κ3) is 3.82. The number of aryl methyl sites for hydroxylation is 1. The molecular weight excluding hydrogens is 340 g/mol. The predicted octanol–water partition coefficient (Wildman–Crippen LogP) is 2.87. The van der Waals surface area contributed by atoms with Gasteiger partial charge in [-0.05, 0) is 37.3 Å². The largest absolute Gasteiger partial charge is 0.321 e. The average Bonchev–Trinajstić information content (AvgIpc) is 3.00. The monoisotopic (exact) mass is 362 g/mol. The van der Waals surface area contributed by atoms with E-state index in [1.807, 2.05) is 56.5 Å². The first-order valence-corrected chi connectivity index (χ1v) is 8.42. The van der Waals surface area contributed by atoms with Gasteiger partial charge in [0, 0.05) is 37.5 Å². The Morgan fingerprint density at radius 1 is 1.37 bits per heavy atom. The zero-order chi connectivity index (χ0) is 19.6. The van der Waals surface area contributed by atoms with Crippen molar-refractivity contribution in [3.8, 4) is 0 Å². The zero-order valence-corrected chi connectivity index (χ0v) is 15.7. The number of nitrogens with zero attached hydrogens (tertiary/aromatic N) is 5. The molecule has 1 aliphatic heterocycles. The third-order valence-corrected chi connectivity index (χ3v) is 4.17. The molecule has 0 bridgehead atoms. The van der Waals surface area contributed by atoms with Gasteiger partial charge in [-0.15, -0.1) is 0 Å². The summed E-state index contributed by atoms with van der Waals surface area (Å²) in [5, 5.41) is 16.4. The number of benzene rings is 1. The summed E-state index contributed by atoms with van der Waals surface area (Å²) in [6.45, 7) is 9.60. The summed E-state index contributed by atoms with van der Waals surface area (Å²) in [7, 11) is 3.79. The number of carbonyl (C=O) groups excluding carboxylic acids is 1. The van der Waals surface area contributed by atoms with E-state index in [-0.39, 0.29) is 5.91 Å². The van der Waals surface area contributed by atoms with Gasteiger partial charge in [-0.2, -0.15) is 15.3 Å². The Morgan fingerprint density at radius 2 is 2.15 bits per heavy atom. The molecule has 0 spiro atoms. The second-order valence-electron chi connectivity index (χ2n) is 6.19. The van der Waals surface area contributed by atoms with Crippen LogP contribution in [0.3, 0.4) is 0 Å². The molecule has 1 aromatic carbocycles. The van der Waals surface area contributed by atoms with Crippen LogP contribution in [-0.4, -0.2) is 33.5 Å². The van der Waals surface area contributed by atoms with Crippen molar-refractivity contribution in [3.05, 3.63) is 73.3 Å². The van der Waals surface area contributed by atoms with E-state index in [1.54, 1.807) is 22.0 Å². The Bertz CT molecular complexity index is 1010. The van der Waals surface area contributed by atoms with E-state index >= 15 is 0 Å². The number of hydrazone groups is 1. The normalized spacial score (nSPS) is 16.0. The van der Waals surface area contributed by atoms with Gasteiger partial charge in [0.05, 0.1) is 16.9 Å².